The molecule has 33 heavy (non-hydrogen) atoms. The van der Waals surface area contributed by atoms with Gasteiger partial charge in [0, 0.05) is 24.7 Å². The fraction of sp³-hybridized carbons (Fsp3) is 0.273. The fourth-order valence-electron chi connectivity index (χ4n) is 3.34. The van der Waals surface area contributed by atoms with Gasteiger partial charge in [-0.2, -0.15) is 0 Å². The molecule has 0 aliphatic carbocycles. The second kappa shape index (κ2) is 9.82. The number of amides is 3. The first-order valence-electron chi connectivity index (χ1n) is 9.96. The number of thioether (sulfide) groups is 1. The molecular weight excluding hydrogens is 472 g/mol. The van der Waals surface area contributed by atoms with Gasteiger partial charge in [0.25, 0.3) is 11.1 Å². The molecule has 4 rings (SSSR count). The van der Waals surface area contributed by atoms with Crippen molar-refractivity contribution in [2.45, 2.75) is 0 Å². The lowest BCUT2D eigenvalue weighted by atomic mass is 10.1. The molecule has 1 aromatic carbocycles. The summed E-state index contributed by atoms with van der Waals surface area (Å²) in [4.78, 5) is 52.0. The van der Waals surface area contributed by atoms with Crippen LogP contribution in [-0.4, -0.2) is 72.8 Å². The minimum absolute atomic E-state index is 0.155. The Morgan fingerprint density at radius 3 is 2.67 bits per heavy atom. The molecule has 0 bridgehead atoms. The third kappa shape index (κ3) is 4.97. The van der Waals surface area contributed by atoms with E-state index in [1.807, 2.05) is 0 Å². The van der Waals surface area contributed by atoms with Gasteiger partial charge < -0.3 is 18.8 Å². The summed E-state index contributed by atoms with van der Waals surface area (Å²) in [7, 11) is 1.26. The predicted octanol–water partition coefficient (Wildman–Crippen LogP) is 3.28. The Morgan fingerprint density at radius 2 is 1.94 bits per heavy atom. The normalized spacial score (nSPS) is 17.7. The molecule has 9 nitrogen and oxygen atoms in total. The molecule has 0 saturated carbocycles. The van der Waals surface area contributed by atoms with Gasteiger partial charge in [-0.05, 0) is 42.1 Å². The molecule has 0 radical (unpaired) electrons. The highest BCUT2D eigenvalue weighted by Crippen LogP contribution is 2.34. The molecule has 0 unspecified atom stereocenters. The van der Waals surface area contributed by atoms with Gasteiger partial charge >= 0.3 is 5.97 Å². The van der Waals surface area contributed by atoms with Gasteiger partial charge in [0.1, 0.15) is 18.1 Å². The molecule has 0 atom stereocenters. The summed E-state index contributed by atoms with van der Waals surface area (Å²) in [5.41, 5.74) is 0.782. The Bertz CT molecular complexity index is 1150. The van der Waals surface area contributed by atoms with Crippen molar-refractivity contribution in [3.8, 4) is 11.3 Å². The van der Waals surface area contributed by atoms with Crippen LogP contribution >= 0.6 is 23.4 Å². The summed E-state index contributed by atoms with van der Waals surface area (Å²) >= 11 is 6.80. The number of carbonyl (C=O) groups excluding carboxylic acids is 4. The first kappa shape index (κ1) is 23.1. The number of methoxy groups -OCH3 is 1. The number of morpholine rings is 1. The van der Waals surface area contributed by atoms with Gasteiger partial charge in [0.05, 0.1) is 35.8 Å². The number of esters is 1. The summed E-state index contributed by atoms with van der Waals surface area (Å²) in [6.45, 7) is 1.42. The summed E-state index contributed by atoms with van der Waals surface area (Å²) in [5, 5.41) is -0.266. The van der Waals surface area contributed by atoms with Crippen LogP contribution in [0.1, 0.15) is 16.1 Å². The molecule has 0 N–H and O–H groups in total. The van der Waals surface area contributed by atoms with Gasteiger partial charge in [0.15, 0.2) is 0 Å². The van der Waals surface area contributed by atoms with E-state index in [9.17, 15) is 19.2 Å². The molecular formula is C22H19ClN2O7S. The standard InChI is InChI=1S/C22H19ClN2O7S/c1-30-21(28)15-10-13(2-4-16(15)23)17-5-3-14(32-17)11-18-20(27)25(22(29)33-18)12-19(26)24-6-8-31-9-7-24/h2-5,10-11H,6-9,12H2,1H3/b18-11-. The summed E-state index contributed by atoms with van der Waals surface area (Å²) in [5.74, 6) is -0.654. The zero-order chi connectivity index (χ0) is 23.5. The topological polar surface area (TPSA) is 106 Å². The smallest absolute Gasteiger partial charge is 0.339 e. The molecule has 172 valence electrons. The molecule has 0 spiro atoms. The highest BCUT2D eigenvalue weighted by atomic mass is 35.5. The van der Waals surface area contributed by atoms with Crippen LogP contribution in [0.3, 0.4) is 0 Å². The van der Waals surface area contributed by atoms with Crippen molar-refractivity contribution in [1.82, 2.24) is 9.80 Å². The third-order valence-electron chi connectivity index (χ3n) is 5.09. The van der Waals surface area contributed by atoms with Crippen molar-refractivity contribution < 1.29 is 33.1 Å². The van der Waals surface area contributed by atoms with Crippen LogP contribution in [0, 0.1) is 0 Å². The quantitative estimate of drug-likeness (QED) is 0.464. The Morgan fingerprint density at radius 1 is 1.18 bits per heavy atom. The lowest BCUT2D eigenvalue weighted by Crippen LogP contribution is -2.46. The average molecular weight is 491 g/mol. The molecule has 11 heteroatoms. The van der Waals surface area contributed by atoms with E-state index in [0.717, 1.165) is 16.7 Å². The van der Waals surface area contributed by atoms with Gasteiger partial charge in [0.2, 0.25) is 5.91 Å². The van der Waals surface area contributed by atoms with Crippen molar-refractivity contribution in [2.24, 2.45) is 0 Å². The number of halogens is 1. The zero-order valence-corrected chi connectivity index (χ0v) is 19.1. The number of carbonyl (C=O) groups is 4. The maximum Gasteiger partial charge on any atom is 0.339 e. The number of furan rings is 1. The van der Waals surface area contributed by atoms with E-state index < -0.39 is 17.1 Å². The molecule has 2 fully saturated rings. The van der Waals surface area contributed by atoms with Crippen molar-refractivity contribution in [3.63, 3.8) is 0 Å². The molecule has 2 aliphatic heterocycles. The lowest BCUT2D eigenvalue weighted by molar-refractivity contribution is -0.139. The lowest BCUT2D eigenvalue weighted by Gasteiger charge is -2.27. The molecule has 2 aromatic rings. The third-order valence-corrected chi connectivity index (χ3v) is 6.32. The second-order valence-electron chi connectivity index (χ2n) is 7.15. The van der Waals surface area contributed by atoms with Gasteiger partial charge in [-0.25, -0.2) is 4.79 Å². The first-order valence-corrected chi connectivity index (χ1v) is 11.2. The minimum Gasteiger partial charge on any atom is -0.465 e. The van der Waals surface area contributed by atoms with Crippen LogP contribution in [0.15, 0.2) is 39.7 Å². The van der Waals surface area contributed by atoms with Crippen molar-refractivity contribution in [2.75, 3.05) is 40.0 Å². The number of imide groups is 1. The number of rotatable bonds is 5. The van der Waals surface area contributed by atoms with Gasteiger partial charge in [-0.15, -0.1) is 0 Å². The maximum atomic E-state index is 12.7. The van der Waals surface area contributed by atoms with E-state index in [1.165, 1.54) is 13.2 Å². The Kier molecular flexibility index (Phi) is 6.87. The first-order chi connectivity index (χ1) is 15.9. The molecule has 2 aliphatic rings. The number of benzene rings is 1. The maximum absolute atomic E-state index is 12.7. The Hall–Kier alpha value is -3.08. The molecule has 2 saturated heterocycles. The van der Waals surface area contributed by atoms with E-state index in [0.29, 0.717) is 43.4 Å². The molecule has 3 heterocycles. The summed E-state index contributed by atoms with van der Waals surface area (Å²) in [6, 6.07) is 8.09. The van der Waals surface area contributed by atoms with E-state index >= 15 is 0 Å². The van der Waals surface area contributed by atoms with Crippen molar-refractivity contribution >= 4 is 52.5 Å². The molecule has 3 amide bonds. The number of ether oxygens (including phenoxy) is 2. The largest absolute Gasteiger partial charge is 0.465 e. The van der Waals surface area contributed by atoms with Crippen LogP contribution in [0.4, 0.5) is 4.79 Å². The Balaban J connectivity index is 1.49. The van der Waals surface area contributed by atoms with Crippen LogP contribution < -0.4 is 0 Å². The highest BCUT2D eigenvalue weighted by Gasteiger charge is 2.37. The van der Waals surface area contributed by atoms with Crippen LogP contribution in [0.5, 0.6) is 0 Å². The predicted molar refractivity (Wildman–Crippen MR) is 121 cm³/mol. The minimum atomic E-state index is -0.575. The van der Waals surface area contributed by atoms with Crippen LogP contribution in [0.25, 0.3) is 17.4 Å². The van der Waals surface area contributed by atoms with Crippen LogP contribution in [-0.2, 0) is 19.1 Å². The monoisotopic (exact) mass is 490 g/mol. The number of hydrogen-bond acceptors (Lipinski definition) is 8. The van der Waals surface area contributed by atoms with E-state index in [1.54, 1.807) is 35.2 Å². The number of nitrogens with zero attached hydrogens (tertiary/aromatic N) is 2. The van der Waals surface area contributed by atoms with Crippen LogP contribution in [0.2, 0.25) is 5.02 Å². The zero-order valence-electron chi connectivity index (χ0n) is 17.5. The summed E-state index contributed by atoms with van der Waals surface area (Å²) in [6.07, 6.45) is 1.45. The Labute approximate surface area is 198 Å². The second-order valence-corrected chi connectivity index (χ2v) is 8.55. The van der Waals surface area contributed by atoms with E-state index in [-0.39, 0.29) is 27.9 Å². The summed E-state index contributed by atoms with van der Waals surface area (Å²) < 4.78 is 15.7. The number of hydrogen-bond donors (Lipinski definition) is 0. The van der Waals surface area contributed by atoms with E-state index in [2.05, 4.69) is 0 Å². The van der Waals surface area contributed by atoms with Gasteiger partial charge in [-0.3, -0.25) is 19.3 Å². The fourth-order valence-corrected chi connectivity index (χ4v) is 4.36. The van der Waals surface area contributed by atoms with Crippen molar-refractivity contribution in [3.05, 3.63) is 51.6 Å². The van der Waals surface area contributed by atoms with Crippen molar-refractivity contribution in [1.29, 1.82) is 0 Å². The SMILES string of the molecule is COC(=O)c1cc(-c2ccc(/C=C3\SC(=O)N(CC(=O)N4CCOCC4)C3=O)o2)ccc1Cl. The average Bonchev–Trinajstić information content (AvgIpc) is 3.39. The highest BCUT2D eigenvalue weighted by molar-refractivity contribution is 8.18. The molecule has 1 aromatic heterocycles. The van der Waals surface area contributed by atoms with E-state index in [4.69, 9.17) is 25.5 Å². The van der Waals surface area contributed by atoms with Gasteiger partial charge in [-0.1, -0.05) is 11.6 Å².